The Morgan fingerprint density at radius 2 is 2.00 bits per heavy atom. The summed E-state index contributed by atoms with van der Waals surface area (Å²) >= 11 is 11.7. The van der Waals surface area contributed by atoms with Gasteiger partial charge in [-0.1, -0.05) is 30.1 Å². The van der Waals surface area contributed by atoms with Crippen molar-refractivity contribution in [2.24, 2.45) is 0 Å². The zero-order valence-corrected chi connectivity index (χ0v) is 11.2. The molecule has 1 aromatic carbocycles. The normalized spacial score (nSPS) is 11.8. The van der Waals surface area contributed by atoms with Crippen LogP contribution in [0.2, 0.25) is 10.0 Å². The van der Waals surface area contributed by atoms with Gasteiger partial charge in [-0.25, -0.2) is 13.1 Å². The molecule has 0 saturated heterocycles. The number of nitrogen functional groups attached to an aromatic ring is 1. The predicted octanol–water partition coefficient (Wildman–Crippen LogP) is 2.18. The molecule has 0 radical (unpaired) electrons. The van der Waals surface area contributed by atoms with Gasteiger partial charge in [0, 0.05) is 6.54 Å². The van der Waals surface area contributed by atoms with Crippen LogP contribution in [0, 0.1) is 6.92 Å². The minimum atomic E-state index is -3.58. The van der Waals surface area contributed by atoms with E-state index < -0.39 is 10.0 Å². The van der Waals surface area contributed by atoms with Crippen LogP contribution in [0.5, 0.6) is 0 Å². The highest BCUT2D eigenvalue weighted by Crippen LogP contribution is 2.34. The third-order valence-electron chi connectivity index (χ3n) is 2.07. The van der Waals surface area contributed by atoms with Crippen LogP contribution >= 0.6 is 23.2 Å². The molecule has 0 aromatic heterocycles. The maximum absolute atomic E-state index is 11.8. The van der Waals surface area contributed by atoms with Gasteiger partial charge in [0.2, 0.25) is 10.0 Å². The van der Waals surface area contributed by atoms with Crippen molar-refractivity contribution in [2.75, 3.05) is 12.3 Å². The number of benzene rings is 1. The Morgan fingerprint density at radius 3 is 2.50 bits per heavy atom. The summed E-state index contributed by atoms with van der Waals surface area (Å²) in [4.78, 5) is 0.0542. The van der Waals surface area contributed by atoms with Crippen molar-refractivity contribution < 1.29 is 8.42 Å². The summed E-state index contributed by atoms with van der Waals surface area (Å²) in [5.41, 5.74) is 6.17. The number of hydrogen-bond donors (Lipinski definition) is 2. The molecule has 0 aliphatic heterocycles. The first-order valence-electron chi connectivity index (χ1n) is 4.55. The molecule has 0 bridgehead atoms. The molecule has 0 fully saturated rings. The van der Waals surface area contributed by atoms with Crippen LogP contribution in [0.3, 0.4) is 0 Å². The smallest absolute Gasteiger partial charge is 0.240 e. The number of sulfonamides is 1. The SMILES string of the molecule is CCNS(=O)(=O)c1cc(Cl)c(N)c(Cl)c1C. The van der Waals surface area contributed by atoms with Gasteiger partial charge in [0.1, 0.15) is 0 Å². The van der Waals surface area contributed by atoms with Gasteiger partial charge in [-0.3, -0.25) is 0 Å². The van der Waals surface area contributed by atoms with Gasteiger partial charge in [0.05, 0.1) is 20.6 Å². The van der Waals surface area contributed by atoms with Gasteiger partial charge in [0.15, 0.2) is 0 Å². The number of halogens is 2. The molecule has 0 atom stereocenters. The van der Waals surface area contributed by atoms with Crippen molar-refractivity contribution in [3.63, 3.8) is 0 Å². The van der Waals surface area contributed by atoms with Gasteiger partial charge in [-0.2, -0.15) is 0 Å². The van der Waals surface area contributed by atoms with E-state index in [9.17, 15) is 8.42 Å². The van der Waals surface area contributed by atoms with Crippen molar-refractivity contribution in [1.82, 2.24) is 4.72 Å². The summed E-state index contributed by atoms with van der Waals surface area (Å²) in [6, 6.07) is 1.30. The molecule has 3 N–H and O–H groups in total. The van der Waals surface area contributed by atoms with Crippen LogP contribution < -0.4 is 10.5 Å². The number of nitrogens with one attached hydrogen (secondary N) is 1. The van der Waals surface area contributed by atoms with E-state index >= 15 is 0 Å². The highest BCUT2D eigenvalue weighted by Gasteiger charge is 2.20. The van der Waals surface area contributed by atoms with Crippen LogP contribution in [0.25, 0.3) is 0 Å². The molecule has 0 saturated carbocycles. The monoisotopic (exact) mass is 282 g/mol. The van der Waals surface area contributed by atoms with Crippen LogP contribution in [-0.2, 0) is 10.0 Å². The second-order valence-electron chi connectivity index (χ2n) is 3.21. The molecule has 0 spiro atoms. The molecule has 0 aliphatic rings. The van der Waals surface area contributed by atoms with Crippen molar-refractivity contribution in [3.8, 4) is 0 Å². The largest absolute Gasteiger partial charge is 0.396 e. The molecule has 4 nitrogen and oxygen atoms in total. The van der Waals surface area contributed by atoms with Gasteiger partial charge in [-0.05, 0) is 18.6 Å². The molecule has 0 amide bonds. The summed E-state index contributed by atoms with van der Waals surface area (Å²) in [6.07, 6.45) is 0. The predicted molar refractivity (Wildman–Crippen MR) is 66.5 cm³/mol. The second-order valence-corrected chi connectivity index (χ2v) is 5.73. The fraction of sp³-hybridized carbons (Fsp3) is 0.333. The van der Waals surface area contributed by atoms with E-state index in [2.05, 4.69) is 4.72 Å². The Labute approximate surface area is 105 Å². The molecular formula is C9H12Cl2N2O2S. The molecular weight excluding hydrogens is 271 g/mol. The zero-order chi connectivity index (χ0) is 12.5. The van der Waals surface area contributed by atoms with Gasteiger partial charge in [-0.15, -0.1) is 0 Å². The first-order chi connectivity index (χ1) is 7.31. The number of hydrogen-bond acceptors (Lipinski definition) is 3. The first kappa shape index (κ1) is 13.6. The lowest BCUT2D eigenvalue weighted by molar-refractivity contribution is 0.583. The maximum atomic E-state index is 11.8. The fourth-order valence-corrected chi connectivity index (χ4v) is 3.15. The van der Waals surface area contributed by atoms with E-state index in [0.717, 1.165) is 0 Å². The second kappa shape index (κ2) is 4.79. The van der Waals surface area contributed by atoms with E-state index in [4.69, 9.17) is 28.9 Å². The van der Waals surface area contributed by atoms with Crippen LogP contribution in [-0.4, -0.2) is 15.0 Å². The Bertz CT molecular complexity index is 515. The highest BCUT2D eigenvalue weighted by atomic mass is 35.5. The molecule has 0 unspecified atom stereocenters. The Morgan fingerprint density at radius 1 is 1.44 bits per heavy atom. The third kappa shape index (κ3) is 2.43. The molecule has 1 rings (SSSR count). The van der Waals surface area contributed by atoms with Gasteiger partial charge >= 0.3 is 0 Å². The summed E-state index contributed by atoms with van der Waals surface area (Å²) in [5, 5.41) is 0.302. The van der Waals surface area contributed by atoms with Crippen molar-refractivity contribution in [1.29, 1.82) is 0 Å². The highest BCUT2D eigenvalue weighted by molar-refractivity contribution is 7.89. The number of rotatable bonds is 3. The minimum absolute atomic E-state index is 0.0542. The average Bonchev–Trinajstić information content (AvgIpc) is 2.20. The Kier molecular flexibility index (Phi) is 4.07. The minimum Gasteiger partial charge on any atom is -0.396 e. The van der Waals surface area contributed by atoms with Crippen molar-refractivity contribution in [2.45, 2.75) is 18.7 Å². The lowest BCUT2D eigenvalue weighted by Gasteiger charge is -2.12. The van der Waals surface area contributed by atoms with Crippen LogP contribution in [0.4, 0.5) is 5.69 Å². The number of nitrogens with two attached hydrogens (primary N) is 1. The lowest BCUT2D eigenvalue weighted by Crippen LogP contribution is -2.24. The summed E-state index contributed by atoms with van der Waals surface area (Å²) in [5.74, 6) is 0. The quantitative estimate of drug-likeness (QED) is 0.835. The van der Waals surface area contributed by atoms with E-state index in [0.29, 0.717) is 12.1 Å². The standard InChI is InChI=1S/C9H12Cl2N2O2S/c1-3-13-16(14,15)7-4-6(10)9(12)8(11)5(7)2/h4,13H,3,12H2,1-2H3. The fourth-order valence-electron chi connectivity index (χ4n) is 1.26. The topological polar surface area (TPSA) is 72.2 Å². The molecule has 16 heavy (non-hydrogen) atoms. The Balaban J connectivity index is 3.48. The van der Waals surface area contributed by atoms with E-state index in [1.54, 1.807) is 13.8 Å². The van der Waals surface area contributed by atoms with Crippen LogP contribution in [0.1, 0.15) is 12.5 Å². The summed E-state index contributed by atoms with van der Waals surface area (Å²) in [6.45, 7) is 3.56. The maximum Gasteiger partial charge on any atom is 0.240 e. The van der Waals surface area contributed by atoms with E-state index in [1.807, 2.05) is 0 Å². The van der Waals surface area contributed by atoms with Crippen molar-refractivity contribution in [3.05, 3.63) is 21.7 Å². The van der Waals surface area contributed by atoms with Crippen LogP contribution in [0.15, 0.2) is 11.0 Å². The first-order valence-corrected chi connectivity index (χ1v) is 6.79. The Hall–Kier alpha value is -0.490. The molecule has 90 valence electrons. The molecule has 0 heterocycles. The number of anilines is 1. The average molecular weight is 283 g/mol. The molecule has 1 aromatic rings. The van der Waals surface area contributed by atoms with Crippen molar-refractivity contribution >= 4 is 38.9 Å². The van der Waals surface area contributed by atoms with E-state index in [-0.39, 0.29) is 20.6 Å². The molecule has 0 aliphatic carbocycles. The van der Waals surface area contributed by atoms with Gasteiger partial charge < -0.3 is 5.73 Å². The zero-order valence-electron chi connectivity index (χ0n) is 8.84. The lowest BCUT2D eigenvalue weighted by atomic mass is 10.2. The molecule has 7 heteroatoms. The van der Waals surface area contributed by atoms with Gasteiger partial charge in [0.25, 0.3) is 0 Å². The third-order valence-corrected chi connectivity index (χ3v) is 4.55. The summed E-state index contributed by atoms with van der Waals surface area (Å²) in [7, 11) is -3.58. The summed E-state index contributed by atoms with van der Waals surface area (Å²) < 4.78 is 26.0. The van der Waals surface area contributed by atoms with E-state index in [1.165, 1.54) is 6.07 Å².